The molecule has 0 saturated carbocycles. The molecule has 1 saturated heterocycles. The number of nitrogens with one attached hydrogen (secondary N) is 1. The van der Waals surface area contributed by atoms with Crippen LogP contribution in [0.1, 0.15) is 35.0 Å². The molecule has 1 N–H and O–H groups in total. The summed E-state index contributed by atoms with van der Waals surface area (Å²) >= 11 is 18.1. The van der Waals surface area contributed by atoms with Crippen molar-refractivity contribution in [2.45, 2.75) is 25.1 Å². The molecule has 0 aromatic heterocycles. The SMILES string of the molecule is COc1ccc2c(c1OC)C(=O)OC2N1C(=O)CC[C@H]1C(=O)Nc1cc(Cl)c(Cl)cc1Cl. The second-order valence-corrected chi connectivity index (χ2v) is 8.34. The molecule has 2 heterocycles. The lowest BCUT2D eigenvalue weighted by molar-refractivity contribution is -0.144. The first-order valence-corrected chi connectivity index (χ1v) is 10.6. The van der Waals surface area contributed by atoms with Gasteiger partial charge in [-0.15, -0.1) is 0 Å². The van der Waals surface area contributed by atoms with Gasteiger partial charge < -0.3 is 19.5 Å². The zero-order valence-electron chi connectivity index (χ0n) is 16.9. The summed E-state index contributed by atoms with van der Waals surface area (Å²) in [5, 5.41) is 3.33. The normalized spacial score (nSPS) is 19.6. The van der Waals surface area contributed by atoms with Crippen molar-refractivity contribution >= 4 is 58.3 Å². The van der Waals surface area contributed by atoms with Crippen LogP contribution >= 0.6 is 34.8 Å². The van der Waals surface area contributed by atoms with Crippen LogP contribution in [0, 0.1) is 0 Å². The van der Waals surface area contributed by atoms with Gasteiger partial charge in [-0.1, -0.05) is 34.8 Å². The van der Waals surface area contributed by atoms with Crippen molar-refractivity contribution in [1.29, 1.82) is 0 Å². The first kappa shape index (κ1) is 22.5. The van der Waals surface area contributed by atoms with Gasteiger partial charge in [0.25, 0.3) is 0 Å². The van der Waals surface area contributed by atoms with Crippen molar-refractivity contribution in [3.8, 4) is 11.5 Å². The molecule has 2 atom stereocenters. The quantitative estimate of drug-likeness (QED) is 0.482. The summed E-state index contributed by atoms with van der Waals surface area (Å²) in [5.41, 5.74) is 0.817. The highest BCUT2D eigenvalue weighted by Gasteiger charge is 2.47. The molecule has 8 nitrogen and oxygen atoms in total. The van der Waals surface area contributed by atoms with E-state index in [0.29, 0.717) is 11.3 Å². The number of hydrogen-bond acceptors (Lipinski definition) is 6. The van der Waals surface area contributed by atoms with E-state index in [0.717, 1.165) is 0 Å². The number of carbonyl (C=O) groups is 3. The Kier molecular flexibility index (Phi) is 6.11. The predicted octanol–water partition coefficient (Wildman–Crippen LogP) is 4.46. The van der Waals surface area contributed by atoms with Crippen LogP contribution in [0.15, 0.2) is 24.3 Å². The molecule has 2 aliphatic heterocycles. The van der Waals surface area contributed by atoms with Crippen LogP contribution in [-0.2, 0) is 14.3 Å². The molecule has 1 fully saturated rings. The van der Waals surface area contributed by atoms with Crippen LogP contribution in [0.3, 0.4) is 0 Å². The summed E-state index contributed by atoms with van der Waals surface area (Å²) in [6.07, 6.45) is -0.725. The van der Waals surface area contributed by atoms with Gasteiger partial charge in [0.15, 0.2) is 11.5 Å². The maximum Gasteiger partial charge on any atom is 0.344 e. The Balaban J connectivity index is 1.66. The number of benzene rings is 2. The minimum atomic E-state index is -1.08. The van der Waals surface area contributed by atoms with E-state index in [1.165, 1.54) is 31.3 Å². The van der Waals surface area contributed by atoms with E-state index in [1.807, 2.05) is 0 Å². The molecule has 2 amide bonds. The number of rotatable bonds is 5. The molecular formula is C21H17Cl3N2O6. The number of amides is 2. The van der Waals surface area contributed by atoms with Crippen LogP contribution < -0.4 is 14.8 Å². The molecule has 11 heteroatoms. The van der Waals surface area contributed by atoms with Crippen LogP contribution in [0.25, 0.3) is 0 Å². The molecule has 4 rings (SSSR count). The largest absolute Gasteiger partial charge is 0.493 e. The number of hydrogen-bond donors (Lipinski definition) is 1. The number of esters is 1. The van der Waals surface area contributed by atoms with Gasteiger partial charge >= 0.3 is 5.97 Å². The predicted molar refractivity (Wildman–Crippen MR) is 118 cm³/mol. The van der Waals surface area contributed by atoms with Crippen LogP contribution in [-0.4, -0.2) is 42.9 Å². The van der Waals surface area contributed by atoms with Crippen LogP contribution in [0.5, 0.6) is 11.5 Å². The highest BCUT2D eigenvalue weighted by atomic mass is 35.5. The maximum absolute atomic E-state index is 13.1. The Morgan fingerprint density at radius 1 is 1.09 bits per heavy atom. The summed E-state index contributed by atoms with van der Waals surface area (Å²) < 4.78 is 16.1. The Labute approximate surface area is 198 Å². The molecule has 1 unspecified atom stereocenters. The fourth-order valence-electron chi connectivity index (χ4n) is 3.88. The van der Waals surface area contributed by atoms with E-state index in [1.54, 1.807) is 12.1 Å². The maximum atomic E-state index is 13.1. The topological polar surface area (TPSA) is 94.2 Å². The number of carbonyl (C=O) groups excluding carboxylic acids is 3. The third-order valence-electron chi connectivity index (χ3n) is 5.35. The van der Waals surface area contributed by atoms with Gasteiger partial charge in [-0.3, -0.25) is 14.5 Å². The van der Waals surface area contributed by atoms with Crippen molar-refractivity contribution in [2.24, 2.45) is 0 Å². The molecule has 2 aromatic rings. The third kappa shape index (κ3) is 3.72. The Morgan fingerprint density at radius 3 is 2.50 bits per heavy atom. The van der Waals surface area contributed by atoms with E-state index < -0.39 is 24.1 Å². The summed E-state index contributed by atoms with van der Waals surface area (Å²) in [4.78, 5) is 39.7. The Hall–Kier alpha value is -2.68. The Morgan fingerprint density at radius 2 is 1.81 bits per heavy atom. The number of ether oxygens (including phenoxy) is 3. The Bertz CT molecular complexity index is 1140. The third-order valence-corrected chi connectivity index (χ3v) is 6.38. The van der Waals surface area contributed by atoms with Crippen molar-refractivity contribution in [2.75, 3.05) is 19.5 Å². The first-order valence-electron chi connectivity index (χ1n) is 9.49. The molecule has 2 aromatic carbocycles. The minimum Gasteiger partial charge on any atom is -0.493 e. The van der Waals surface area contributed by atoms with E-state index in [9.17, 15) is 14.4 Å². The lowest BCUT2D eigenvalue weighted by Crippen LogP contribution is -2.43. The zero-order chi connectivity index (χ0) is 23.2. The van der Waals surface area contributed by atoms with Crippen molar-refractivity contribution < 1.29 is 28.6 Å². The van der Waals surface area contributed by atoms with Crippen molar-refractivity contribution in [3.05, 3.63) is 50.5 Å². The zero-order valence-corrected chi connectivity index (χ0v) is 19.2. The summed E-state index contributed by atoms with van der Waals surface area (Å²) in [6.45, 7) is 0. The number of nitrogens with zero attached hydrogens (tertiary/aromatic N) is 1. The van der Waals surface area contributed by atoms with Gasteiger partial charge in [-0.05, 0) is 30.7 Å². The molecule has 32 heavy (non-hydrogen) atoms. The fraction of sp³-hybridized carbons (Fsp3) is 0.286. The summed E-state index contributed by atoms with van der Waals surface area (Å²) in [6, 6.07) is 5.16. The second-order valence-electron chi connectivity index (χ2n) is 7.11. The lowest BCUT2D eigenvalue weighted by atomic mass is 10.1. The van der Waals surface area contributed by atoms with Gasteiger partial charge in [0.2, 0.25) is 18.0 Å². The van der Waals surface area contributed by atoms with Gasteiger partial charge in [0, 0.05) is 12.0 Å². The van der Waals surface area contributed by atoms with E-state index in [2.05, 4.69) is 5.32 Å². The summed E-state index contributed by atoms with van der Waals surface area (Å²) in [7, 11) is 2.84. The number of anilines is 1. The number of methoxy groups -OCH3 is 2. The highest BCUT2D eigenvalue weighted by Crippen LogP contribution is 2.45. The smallest absolute Gasteiger partial charge is 0.344 e. The average Bonchev–Trinajstić information content (AvgIpc) is 3.30. The first-order chi connectivity index (χ1) is 15.3. The lowest BCUT2D eigenvalue weighted by Gasteiger charge is -2.29. The summed E-state index contributed by atoms with van der Waals surface area (Å²) in [5.74, 6) is -0.952. The molecule has 168 valence electrons. The highest BCUT2D eigenvalue weighted by molar-refractivity contribution is 6.44. The van der Waals surface area contributed by atoms with Crippen molar-refractivity contribution in [1.82, 2.24) is 4.90 Å². The van der Waals surface area contributed by atoms with E-state index >= 15 is 0 Å². The monoisotopic (exact) mass is 498 g/mol. The molecular weight excluding hydrogens is 483 g/mol. The standard InChI is InChI=1S/C21H17Cl3N2O6/c1-30-15-5-3-9-17(18(15)31-2)21(29)32-20(9)26-14(4-6-16(26)27)19(28)25-13-8-11(23)10(22)7-12(13)24/h3,5,7-8,14,20H,4,6H2,1-2H3,(H,25,28)/t14-,20?/m0/s1. The molecule has 0 aliphatic carbocycles. The average molecular weight is 500 g/mol. The number of fused-ring (bicyclic) bond motifs is 1. The number of halogens is 3. The minimum absolute atomic E-state index is 0.115. The number of likely N-dealkylation sites (tertiary alicyclic amines) is 1. The molecule has 0 bridgehead atoms. The molecule has 0 radical (unpaired) electrons. The van der Waals surface area contributed by atoms with Gasteiger partial charge in [0.1, 0.15) is 11.6 Å². The van der Waals surface area contributed by atoms with Crippen molar-refractivity contribution in [3.63, 3.8) is 0 Å². The van der Waals surface area contributed by atoms with Gasteiger partial charge in [-0.25, -0.2) is 4.79 Å². The fourth-order valence-corrected chi connectivity index (χ4v) is 4.47. The van der Waals surface area contributed by atoms with E-state index in [-0.39, 0.29) is 50.8 Å². The molecule has 2 aliphatic rings. The van der Waals surface area contributed by atoms with Gasteiger partial charge in [-0.2, -0.15) is 0 Å². The van der Waals surface area contributed by atoms with Crippen LogP contribution in [0.4, 0.5) is 5.69 Å². The molecule has 0 spiro atoms. The number of cyclic esters (lactones) is 1. The van der Waals surface area contributed by atoms with Crippen LogP contribution in [0.2, 0.25) is 15.1 Å². The van der Waals surface area contributed by atoms with Gasteiger partial charge in [0.05, 0.1) is 35.0 Å². The van der Waals surface area contributed by atoms with E-state index in [4.69, 9.17) is 49.0 Å². The second kappa shape index (κ2) is 8.69.